The van der Waals surface area contributed by atoms with E-state index in [4.69, 9.17) is 0 Å². The normalized spacial score (nSPS) is 10.1. The molecular formula is C8H10HgS+2. The number of hydrogen-bond acceptors (Lipinski definition) is 0. The van der Waals surface area contributed by atoms with Crippen LogP contribution in [0.4, 0.5) is 0 Å². The van der Waals surface area contributed by atoms with Crippen molar-refractivity contribution in [2.24, 2.45) is 0 Å². The Bertz CT molecular complexity index is 229. The van der Waals surface area contributed by atoms with Crippen molar-refractivity contribution >= 4 is 15.7 Å². The first kappa shape index (κ1) is 8.60. The van der Waals surface area contributed by atoms with Gasteiger partial charge in [-0.2, -0.15) is 0 Å². The molecule has 0 aliphatic carbocycles. The topological polar surface area (TPSA) is 0 Å². The molecule has 0 unspecified atom stereocenters. The third-order valence-electron chi connectivity index (χ3n) is 1.90. The molecule has 0 fully saturated rings. The van der Waals surface area contributed by atoms with Crippen LogP contribution in [0.3, 0.4) is 0 Å². The Balaban J connectivity index is 3.34. The Morgan fingerprint density at radius 3 is 2.30 bits per heavy atom. The fourth-order valence-electron chi connectivity index (χ4n) is 0.877. The molecule has 0 amide bonds. The van der Waals surface area contributed by atoms with Crippen LogP contribution in [0.2, 0.25) is 0 Å². The van der Waals surface area contributed by atoms with Crippen molar-refractivity contribution in [1.29, 1.82) is 0 Å². The molecule has 0 spiro atoms. The van der Waals surface area contributed by atoms with Gasteiger partial charge in [-0.1, -0.05) is 0 Å². The van der Waals surface area contributed by atoms with Gasteiger partial charge in [-0.3, -0.25) is 0 Å². The molecule has 0 aliphatic heterocycles. The average Bonchev–Trinajstić information content (AvgIpc) is 1.93. The van der Waals surface area contributed by atoms with Crippen LogP contribution in [0.1, 0.15) is 11.1 Å². The van der Waals surface area contributed by atoms with Gasteiger partial charge in [0.05, 0.1) is 0 Å². The second-order valence-electron chi connectivity index (χ2n) is 2.52. The predicted molar refractivity (Wildman–Crippen MR) is 44.0 cm³/mol. The van der Waals surface area contributed by atoms with Crippen molar-refractivity contribution in [2.45, 2.75) is 18.7 Å². The van der Waals surface area contributed by atoms with E-state index >= 15 is 0 Å². The molecule has 0 nitrogen and oxygen atoms in total. The van der Waals surface area contributed by atoms with Crippen LogP contribution < -0.4 is 3.07 Å². The van der Waals surface area contributed by atoms with Crippen LogP contribution in [0.5, 0.6) is 0 Å². The Morgan fingerprint density at radius 1 is 1.20 bits per heavy atom. The van der Waals surface area contributed by atoms with E-state index in [1.165, 1.54) is 16.0 Å². The van der Waals surface area contributed by atoms with Gasteiger partial charge in [-0.15, -0.1) is 0 Å². The number of rotatable bonds is 0. The summed E-state index contributed by atoms with van der Waals surface area (Å²) in [4.78, 5) is 1.23. The third-order valence-corrected chi connectivity index (χ3v) is 5.42. The van der Waals surface area contributed by atoms with E-state index < -0.39 is 0 Å². The van der Waals surface area contributed by atoms with Crippen LogP contribution in [0, 0.1) is 13.8 Å². The van der Waals surface area contributed by atoms with Crippen molar-refractivity contribution in [1.82, 2.24) is 0 Å². The van der Waals surface area contributed by atoms with E-state index in [2.05, 4.69) is 38.6 Å². The minimum atomic E-state index is 0.758. The molecular weight excluding hydrogens is 329 g/mol. The van der Waals surface area contributed by atoms with Gasteiger partial charge in [-0.05, 0) is 0 Å². The number of benzene rings is 1. The zero-order valence-corrected chi connectivity index (χ0v) is 12.9. The Labute approximate surface area is 83.4 Å². The first-order valence-corrected chi connectivity index (χ1v) is 6.51. The summed E-state index contributed by atoms with van der Waals surface area (Å²) < 4.78 is 1.56. The van der Waals surface area contributed by atoms with Crippen molar-refractivity contribution in [2.75, 3.05) is 0 Å². The molecule has 0 saturated heterocycles. The zero-order chi connectivity index (χ0) is 7.72. The first-order chi connectivity index (χ1) is 4.63. The number of hydrogen-bond donors (Lipinski definition) is 0. The fraction of sp³-hybridized carbons (Fsp3) is 0.250. The van der Waals surface area contributed by atoms with E-state index in [0.717, 1.165) is 26.1 Å². The molecule has 1 aromatic carbocycles. The van der Waals surface area contributed by atoms with Crippen molar-refractivity contribution in [3.63, 3.8) is 0 Å². The van der Waals surface area contributed by atoms with E-state index in [-0.39, 0.29) is 0 Å². The van der Waals surface area contributed by atoms with Crippen LogP contribution >= 0.6 is 0 Å². The molecule has 0 N–H and O–H groups in total. The molecule has 2 heteroatoms. The van der Waals surface area contributed by atoms with Crippen LogP contribution in [-0.2, 0) is 38.8 Å². The van der Waals surface area contributed by atoms with Crippen LogP contribution in [-0.4, -0.2) is 0 Å². The quantitative estimate of drug-likeness (QED) is 0.486. The van der Waals surface area contributed by atoms with Crippen molar-refractivity contribution in [3.8, 4) is 0 Å². The maximum atomic E-state index is 3.55. The molecule has 48 valence electrons. The predicted octanol–water partition coefficient (Wildman–Crippen LogP) is 0.846. The van der Waals surface area contributed by atoms with Crippen LogP contribution in [0.15, 0.2) is 17.0 Å². The van der Waals surface area contributed by atoms with E-state index in [1.807, 2.05) is 0 Å². The van der Waals surface area contributed by atoms with Gasteiger partial charge < -0.3 is 0 Å². The second kappa shape index (κ2) is 3.27. The van der Waals surface area contributed by atoms with Crippen molar-refractivity contribution < 1.29 is 26.1 Å². The molecule has 0 heterocycles. The SMILES string of the molecule is Cc1c([SH2+])cc[c]([Hg+])c1C. The summed E-state index contributed by atoms with van der Waals surface area (Å²) in [6.45, 7) is 4.36. The minimum absolute atomic E-state index is 0.758. The average molecular weight is 339 g/mol. The van der Waals surface area contributed by atoms with Gasteiger partial charge in [0.25, 0.3) is 0 Å². The monoisotopic (exact) mass is 340 g/mol. The molecule has 0 atom stereocenters. The van der Waals surface area contributed by atoms with E-state index in [9.17, 15) is 0 Å². The second-order valence-corrected chi connectivity index (χ2v) is 6.02. The molecule has 1 rings (SSSR count). The Hall–Kier alpha value is 0.505. The standard InChI is InChI=1S/C8H9S.Hg/c1-6-4-3-5-8(9)7(6)2;/h3,5,9H,1-2H3;/q;+1/p+1. The molecule has 1 aromatic rings. The summed E-state index contributed by atoms with van der Waals surface area (Å²) >= 11 is 4.31. The fourth-order valence-corrected chi connectivity index (χ4v) is 2.64. The first-order valence-electron chi connectivity index (χ1n) is 3.26. The van der Waals surface area contributed by atoms with Gasteiger partial charge in [0.15, 0.2) is 0 Å². The molecule has 0 radical (unpaired) electrons. The molecule has 0 aromatic heterocycles. The summed E-state index contributed by atoms with van der Waals surface area (Å²) in [5.41, 5.74) is 2.86. The zero-order valence-electron chi connectivity index (χ0n) is 6.36. The molecule has 0 bridgehead atoms. The third kappa shape index (κ3) is 1.56. The van der Waals surface area contributed by atoms with Gasteiger partial charge in [-0.25, -0.2) is 0 Å². The van der Waals surface area contributed by atoms with E-state index in [1.54, 1.807) is 3.07 Å². The van der Waals surface area contributed by atoms with E-state index in [0.29, 0.717) is 0 Å². The molecule has 10 heavy (non-hydrogen) atoms. The molecule has 0 saturated carbocycles. The summed E-state index contributed by atoms with van der Waals surface area (Å²) in [6.07, 6.45) is 0. The molecule has 0 aliphatic rings. The summed E-state index contributed by atoms with van der Waals surface area (Å²) in [6, 6.07) is 4.36. The van der Waals surface area contributed by atoms with Gasteiger partial charge in [0.1, 0.15) is 0 Å². The Morgan fingerprint density at radius 2 is 1.80 bits per heavy atom. The van der Waals surface area contributed by atoms with Crippen LogP contribution in [0.25, 0.3) is 0 Å². The summed E-state index contributed by atoms with van der Waals surface area (Å²) in [7, 11) is 0. The van der Waals surface area contributed by atoms with Crippen molar-refractivity contribution in [3.05, 3.63) is 23.3 Å². The van der Waals surface area contributed by atoms with Gasteiger partial charge >= 0.3 is 83.8 Å². The van der Waals surface area contributed by atoms with Gasteiger partial charge in [0.2, 0.25) is 0 Å². The Kier molecular flexibility index (Phi) is 2.81. The van der Waals surface area contributed by atoms with Gasteiger partial charge in [0, 0.05) is 0 Å². The summed E-state index contributed by atoms with van der Waals surface area (Å²) in [5.74, 6) is 0. The maximum absolute atomic E-state index is 3.55. The summed E-state index contributed by atoms with van der Waals surface area (Å²) in [5, 5.41) is 0.